The normalized spacial score (nSPS) is 14.8. The summed E-state index contributed by atoms with van der Waals surface area (Å²) in [6.45, 7) is 5.81. The Morgan fingerprint density at radius 2 is 1.97 bits per heavy atom. The summed E-state index contributed by atoms with van der Waals surface area (Å²) in [6.07, 6.45) is 4.23. The second-order valence-electron chi connectivity index (χ2n) is 7.98. The number of benzene rings is 1. The maximum Gasteiger partial charge on any atom is 0.271 e. The number of ether oxygens (including phenoxy) is 1. The van der Waals surface area contributed by atoms with Crippen LogP contribution in [-0.4, -0.2) is 46.7 Å². The molecular weight excluding hydrogens is 387 g/mol. The fourth-order valence-corrected chi connectivity index (χ4v) is 3.46. The number of aromatic nitrogens is 2. The van der Waals surface area contributed by atoms with Crippen LogP contribution in [0.4, 0.5) is 10.2 Å². The second kappa shape index (κ2) is 10.3. The number of carbonyl (C=O) groups excluding carboxylic acids is 1. The van der Waals surface area contributed by atoms with Crippen LogP contribution in [0.1, 0.15) is 49.2 Å². The standard InChI is InChI=1S/C22H29FN4O3/c1-15(2)11-18(13-28)25-21(29)19-12-24-20(27-9-3-4-10-27)22(26-19)30-14-16-5-7-17(23)8-6-16/h5-8,12,15,18,28H,3-4,9-11,13-14H2,1-2H3,(H,25,29)/t18-/m0/s1. The van der Waals surface area contributed by atoms with Crippen LogP contribution in [0, 0.1) is 11.7 Å². The topological polar surface area (TPSA) is 87.6 Å². The number of anilines is 1. The first-order chi connectivity index (χ1) is 14.5. The molecule has 1 atom stereocenters. The molecule has 8 heteroatoms. The fourth-order valence-electron chi connectivity index (χ4n) is 3.46. The molecule has 1 amide bonds. The van der Waals surface area contributed by atoms with Gasteiger partial charge in [0.25, 0.3) is 11.8 Å². The Labute approximate surface area is 176 Å². The highest BCUT2D eigenvalue weighted by molar-refractivity contribution is 5.92. The minimum absolute atomic E-state index is 0.134. The van der Waals surface area contributed by atoms with Crippen LogP contribution in [-0.2, 0) is 6.61 Å². The molecule has 1 fully saturated rings. The Hall–Kier alpha value is -2.74. The summed E-state index contributed by atoms with van der Waals surface area (Å²) in [5.74, 6) is 0.502. The lowest BCUT2D eigenvalue weighted by Crippen LogP contribution is -2.39. The molecule has 2 aromatic rings. The number of aliphatic hydroxyl groups excluding tert-OH is 1. The van der Waals surface area contributed by atoms with Crippen LogP contribution in [0.25, 0.3) is 0 Å². The van der Waals surface area contributed by atoms with Gasteiger partial charge in [-0.15, -0.1) is 0 Å². The summed E-state index contributed by atoms with van der Waals surface area (Å²) >= 11 is 0. The molecular formula is C22H29FN4O3. The van der Waals surface area contributed by atoms with Gasteiger partial charge >= 0.3 is 0 Å². The molecule has 0 aliphatic carbocycles. The Morgan fingerprint density at radius 3 is 2.60 bits per heavy atom. The van der Waals surface area contributed by atoms with Crippen LogP contribution in [0.2, 0.25) is 0 Å². The highest BCUT2D eigenvalue weighted by Crippen LogP contribution is 2.27. The molecule has 7 nitrogen and oxygen atoms in total. The summed E-state index contributed by atoms with van der Waals surface area (Å²) in [5.41, 5.74) is 0.923. The van der Waals surface area contributed by atoms with Gasteiger partial charge in [-0.2, -0.15) is 0 Å². The largest absolute Gasteiger partial charge is 0.470 e. The fraction of sp³-hybridized carbons (Fsp3) is 0.500. The summed E-state index contributed by atoms with van der Waals surface area (Å²) < 4.78 is 19.0. The zero-order valence-electron chi connectivity index (χ0n) is 17.5. The quantitative estimate of drug-likeness (QED) is 0.654. The monoisotopic (exact) mass is 416 g/mol. The van der Waals surface area contributed by atoms with Gasteiger partial charge in [-0.3, -0.25) is 4.79 Å². The summed E-state index contributed by atoms with van der Waals surface area (Å²) in [4.78, 5) is 23.6. The third kappa shape index (κ3) is 5.89. The Morgan fingerprint density at radius 1 is 1.27 bits per heavy atom. The smallest absolute Gasteiger partial charge is 0.271 e. The van der Waals surface area contributed by atoms with E-state index >= 15 is 0 Å². The van der Waals surface area contributed by atoms with E-state index in [9.17, 15) is 14.3 Å². The van der Waals surface area contributed by atoms with E-state index in [1.54, 1.807) is 12.1 Å². The van der Waals surface area contributed by atoms with Gasteiger partial charge in [-0.25, -0.2) is 14.4 Å². The molecule has 1 aliphatic heterocycles. The zero-order chi connectivity index (χ0) is 21.5. The number of nitrogens with one attached hydrogen (secondary N) is 1. The lowest BCUT2D eigenvalue weighted by atomic mass is 10.0. The molecule has 0 bridgehead atoms. The SMILES string of the molecule is CC(C)C[C@@H](CO)NC(=O)c1cnc(N2CCCC2)c(OCc2ccc(F)cc2)n1. The minimum atomic E-state index is -0.401. The van der Waals surface area contributed by atoms with E-state index in [2.05, 4.69) is 20.2 Å². The number of amides is 1. The van der Waals surface area contributed by atoms with Gasteiger partial charge < -0.3 is 20.1 Å². The Balaban J connectivity index is 1.78. The van der Waals surface area contributed by atoms with Crippen molar-refractivity contribution in [3.05, 3.63) is 47.5 Å². The van der Waals surface area contributed by atoms with Gasteiger partial charge in [-0.05, 0) is 42.9 Å². The maximum absolute atomic E-state index is 13.1. The minimum Gasteiger partial charge on any atom is -0.470 e. The van der Waals surface area contributed by atoms with Gasteiger partial charge in [0.05, 0.1) is 18.8 Å². The Kier molecular flexibility index (Phi) is 7.57. The van der Waals surface area contributed by atoms with Crippen LogP contribution in [0.15, 0.2) is 30.5 Å². The van der Waals surface area contributed by atoms with Crippen molar-refractivity contribution in [2.75, 3.05) is 24.6 Å². The molecule has 2 N–H and O–H groups in total. The molecule has 0 radical (unpaired) electrons. The van der Waals surface area contributed by atoms with E-state index in [0.29, 0.717) is 18.2 Å². The first-order valence-corrected chi connectivity index (χ1v) is 10.4. The van der Waals surface area contributed by atoms with E-state index < -0.39 is 5.91 Å². The van der Waals surface area contributed by atoms with Gasteiger partial charge in [0.15, 0.2) is 11.5 Å². The lowest BCUT2D eigenvalue weighted by molar-refractivity contribution is 0.0901. The molecule has 3 rings (SSSR count). The highest BCUT2D eigenvalue weighted by atomic mass is 19.1. The molecule has 2 heterocycles. The predicted molar refractivity (Wildman–Crippen MR) is 112 cm³/mol. The zero-order valence-corrected chi connectivity index (χ0v) is 17.5. The first-order valence-electron chi connectivity index (χ1n) is 10.4. The van der Waals surface area contributed by atoms with E-state index in [-0.39, 0.29) is 36.6 Å². The van der Waals surface area contributed by atoms with Crippen molar-refractivity contribution in [2.45, 2.75) is 45.8 Å². The molecule has 0 saturated carbocycles. The second-order valence-corrected chi connectivity index (χ2v) is 7.98. The molecule has 1 aliphatic rings. The van der Waals surface area contributed by atoms with Gasteiger partial charge in [0, 0.05) is 13.1 Å². The number of carbonyl (C=O) groups is 1. The van der Waals surface area contributed by atoms with Crippen molar-refractivity contribution in [1.29, 1.82) is 0 Å². The maximum atomic E-state index is 13.1. The molecule has 1 aromatic heterocycles. The van der Waals surface area contributed by atoms with Crippen molar-refractivity contribution in [2.24, 2.45) is 5.92 Å². The summed E-state index contributed by atoms with van der Waals surface area (Å²) in [5, 5.41) is 12.3. The number of hydrogen-bond donors (Lipinski definition) is 2. The molecule has 1 saturated heterocycles. The molecule has 1 aromatic carbocycles. The van der Waals surface area contributed by atoms with Crippen LogP contribution in [0.3, 0.4) is 0 Å². The molecule has 0 spiro atoms. The molecule has 30 heavy (non-hydrogen) atoms. The van der Waals surface area contributed by atoms with E-state index in [1.807, 2.05) is 13.8 Å². The van der Waals surface area contributed by atoms with Gasteiger partial charge in [0.2, 0.25) is 0 Å². The highest BCUT2D eigenvalue weighted by Gasteiger charge is 2.23. The van der Waals surface area contributed by atoms with Crippen molar-refractivity contribution >= 4 is 11.7 Å². The molecule has 0 unspecified atom stereocenters. The third-order valence-corrected chi connectivity index (χ3v) is 4.96. The van der Waals surface area contributed by atoms with Crippen LogP contribution >= 0.6 is 0 Å². The lowest BCUT2D eigenvalue weighted by Gasteiger charge is -2.21. The summed E-state index contributed by atoms with van der Waals surface area (Å²) in [7, 11) is 0. The average molecular weight is 416 g/mol. The van der Waals surface area contributed by atoms with Crippen LogP contribution in [0.5, 0.6) is 5.88 Å². The number of hydrogen-bond acceptors (Lipinski definition) is 6. The summed E-state index contributed by atoms with van der Waals surface area (Å²) in [6, 6.07) is 5.69. The van der Waals surface area contributed by atoms with Crippen molar-refractivity contribution in [3.63, 3.8) is 0 Å². The number of aliphatic hydroxyl groups is 1. The van der Waals surface area contributed by atoms with Crippen molar-refractivity contribution < 1.29 is 19.0 Å². The third-order valence-electron chi connectivity index (χ3n) is 4.96. The van der Waals surface area contributed by atoms with Crippen molar-refractivity contribution in [3.8, 4) is 5.88 Å². The van der Waals surface area contributed by atoms with Crippen molar-refractivity contribution in [1.82, 2.24) is 15.3 Å². The number of nitrogens with zero attached hydrogens (tertiary/aromatic N) is 3. The van der Waals surface area contributed by atoms with E-state index in [1.165, 1.54) is 18.3 Å². The number of rotatable bonds is 9. The van der Waals surface area contributed by atoms with E-state index in [0.717, 1.165) is 31.5 Å². The van der Waals surface area contributed by atoms with Crippen LogP contribution < -0.4 is 15.0 Å². The van der Waals surface area contributed by atoms with Gasteiger partial charge in [0.1, 0.15) is 12.4 Å². The van der Waals surface area contributed by atoms with E-state index in [4.69, 9.17) is 4.74 Å². The van der Waals surface area contributed by atoms with Gasteiger partial charge in [-0.1, -0.05) is 26.0 Å². The first kappa shape index (κ1) is 22.0. The Bertz CT molecular complexity index is 839. The predicted octanol–water partition coefficient (Wildman–Crippen LogP) is 2.93. The average Bonchev–Trinajstić information content (AvgIpc) is 3.27. The molecule has 162 valence electrons. The number of halogens is 1.